The predicted octanol–water partition coefficient (Wildman–Crippen LogP) is 4.30. The van der Waals surface area contributed by atoms with Gasteiger partial charge in [0, 0.05) is 10.0 Å². The van der Waals surface area contributed by atoms with Crippen molar-refractivity contribution in [3.63, 3.8) is 0 Å². The Bertz CT molecular complexity index is 526. The molecule has 1 atom stereocenters. The van der Waals surface area contributed by atoms with Crippen molar-refractivity contribution in [2.45, 2.75) is 18.9 Å². The number of rotatable bonds is 3. The van der Waals surface area contributed by atoms with E-state index in [2.05, 4.69) is 15.9 Å². The molecular formula is C13H12BrFOS. The third-order valence-corrected chi connectivity index (χ3v) is 4.81. The summed E-state index contributed by atoms with van der Waals surface area (Å²) in [6, 6.07) is 8.23. The highest BCUT2D eigenvalue weighted by atomic mass is 79.9. The Morgan fingerprint density at radius 3 is 2.59 bits per heavy atom. The molecule has 0 radical (unpaired) electrons. The van der Waals surface area contributed by atoms with Crippen LogP contribution in [0.2, 0.25) is 0 Å². The van der Waals surface area contributed by atoms with Gasteiger partial charge in [0.1, 0.15) is 11.4 Å². The highest BCUT2D eigenvalue weighted by molar-refractivity contribution is 9.10. The third-order valence-electron chi connectivity index (χ3n) is 2.82. The van der Waals surface area contributed by atoms with Crippen LogP contribution < -0.4 is 0 Å². The van der Waals surface area contributed by atoms with Crippen LogP contribution in [0.4, 0.5) is 4.39 Å². The Hall–Kier alpha value is -0.710. The summed E-state index contributed by atoms with van der Waals surface area (Å²) in [4.78, 5) is 0.741. The quantitative estimate of drug-likeness (QED) is 0.895. The fourth-order valence-corrected chi connectivity index (χ4v) is 3.74. The second-order valence-electron chi connectivity index (χ2n) is 3.79. The summed E-state index contributed by atoms with van der Waals surface area (Å²) in [6.07, 6.45) is 0.424. The number of hydrogen-bond donors (Lipinski definition) is 1. The molecule has 0 aliphatic carbocycles. The Kier molecular flexibility index (Phi) is 3.66. The van der Waals surface area contributed by atoms with Crippen LogP contribution in [0, 0.1) is 5.82 Å². The first kappa shape index (κ1) is 12.7. The van der Waals surface area contributed by atoms with Gasteiger partial charge in [-0.3, -0.25) is 0 Å². The van der Waals surface area contributed by atoms with E-state index >= 15 is 0 Å². The van der Waals surface area contributed by atoms with Crippen LogP contribution in [0.25, 0.3) is 0 Å². The molecule has 0 saturated carbocycles. The first-order valence-electron chi connectivity index (χ1n) is 5.30. The number of halogens is 2. The van der Waals surface area contributed by atoms with Gasteiger partial charge in [0.15, 0.2) is 0 Å². The van der Waals surface area contributed by atoms with Crippen LogP contribution in [-0.2, 0) is 5.60 Å². The normalized spacial score (nSPS) is 14.6. The molecule has 2 rings (SSSR count). The van der Waals surface area contributed by atoms with Crippen molar-refractivity contribution in [1.82, 2.24) is 0 Å². The molecule has 0 fully saturated rings. The standard InChI is InChI=1S/C13H12BrFOS/c1-2-13(16,12-10(14)7-8-17-12)9-5-3-4-6-11(9)15/h3-8,16H,2H2,1H3. The molecule has 4 heteroatoms. The van der Waals surface area contributed by atoms with E-state index in [4.69, 9.17) is 0 Å². The maximum atomic E-state index is 13.8. The van der Waals surface area contributed by atoms with Gasteiger partial charge in [-0.25, -0.2) is 4.39 Å². The van der Waals surface area contributed by atoms with Crippen molar-refractivity contribution in [2.75, 3.05) is 0 Å². The highest BCUT2D eigenvalue weighted by Gasteiger charge is 2.34. The summed E-state index contributed by atoms with van der Waals surface area (Å²) in [5, 5.41) is 12.6. The fraction of sp³-hybridized carbons (Fsp3) is 0.231. The number of hydrogen-bond acceptors (Lipinski definition) is 2. The molecule has 1 aromatic carbocycles. The Morgan fingerprint density at radius 2 is 2.06 bits per heavy atom. The minimum Gasteiger partial charge on any atom is -0.379 e. The highest BCUT2D eigenvalue weighted by Crippen LogP contribution is 2.41. The number of aliphatic hydroxyl groups is 1. The Labute approximate surface area is 112 Å². The van der Waals surface area contributed by atoms with Gasteiger partial charge in [-0.15, -0.1) is 11.3 Å². The average molecular weight is 315 g/mol. The predicted molar refractivity (Wildman–Crippen MR) is 71.7 cm³/mol. The smallest absolute Gasteiger partial charge is 0.129 e. The van der Waals surface area contributed by atoms with Gasteiger partial charge in [0.2, 0.25) is 0 Å². The summed E-state index contributed by atoms with van der Waals surface area (Å²) in [6.45, 7) is 1.85. The number of benzene rings is 1. The van der Waals surface area contributed by atoms with E-state index in [-0.39, 0.29) is 5.82 Å². The van der Waals surface area contributed by atoms with E-state index in [0.29, 0.717) is 12.0 Å². The zero-order chi connectivity index (χ0) is 12.5. The largest absolute Gasteiger partial charge is 0.379 e. The average Bonchev–Trinajstić information content (AvgIpc) is 2.76. The van der Waals surface area contributed by atoms with E-state index in [0.717, 1.165) is 9.35 Å². The van der Waals surface area contributed by atoms with Crippen molar-refractivity contribution in [1.29, 1.82) is 0 Å². The molecule has 90 valence electrons. The molecule has 0 saturated heterocycles. The SMILES string of the molecule is CCC(O)(c1ccccc1F)c1sccc1Br. The summed E-state index contributed by atoms with van der Waals surface area (Å²) < 4.78 is 14.6. The number of thiophene rings is 1. The van der Waals surface area contributed by atoms with Crippen molar-refractivity contribution in [3.8, 4) is 0 Å². The van der Waals surface area contributed by atoms with Crippen LogP contribution in [0.3, 0.4) is 0 Å². The van der Waals surface area contributed by atoms with Crippen LogP contribution in [0.1, 0.15) is 23.8 Å². The molecule has 0 spiro atoms. The van der Waals surface area contributed by atoms with Crippen LogP contribution in [0.15, 0.2) is 40.2 Å². The molecule has 1 unspecified atom stereocenters. The lowest BCUT2D eigenvalue weighted by Gasteiger charge is -2.27. The van der Waals surface area contributed by atoms with Gasteiger partial charge in [-0.05, 0) is 39.9 Å². The molecule has 17 heavy (non-hydrogen) atoms. The van der Waals surface area contributed by atoms with Gasteiger partial charge in [-0.1, -0.05) is 25.1 Å². The van der Waals surface area contributed by atoms with Crippen molar-refractivity contribution < 1.29 is 9.50 Å². The maximum Gasteiger partial charge on any atom is 0.129 e. The van der Waals surface area contributed by atoms with Gasteiger partial charge >= 0.3 is 0 Å². The van der Waals surface area contributed by atoms with Gasteiger partial charge in [-0.2, -0.15) is 0 Å². The molecule has 0 amide bonds. The second kappa shape index (κ2) is 4.88. The third kappa shape index (κ3) is 2.17. The minimum atomic E-state index is -1.27. The lowest BCUT2D eigenvalue weighted by Crippen LogP contribution is -2.26. The molecule has 1 heterocycles. The van der Waals surface area contributed by atoms with E-state index in [1.807, 2.05) is 18.4 Å². The summed E-state index contributed by atoms with van der Waals surface area (Å²) in [5.74, 6) is -0.378. The van der Waals surface area contributed by atoms with Crippen molar-refractivity contribution in [3.05, 3.63) is 56.4 Å². The molecule has 0 bridgehead atoms. The van der Waals surface area contributed by atoms with Crippen molar-refractivity contribution in [2.24, 2.45) is 0 Å². The molecule has 0 aliphatic rings. The monoisotopic (exact) mass is 314 g/mol. The zero-order valence-electron chi connectivity index (χ0n) is 9.28. The second-order valence-corrected chi connectivity index (χ2v) is 5.56. The molecule has 1 N–H and O–H groups in total. The lowest BCUT2D eigenvalue weighted by atomic mass is 9.89. The fourth-order valence-electron chi connectivity index (χ4n) is 1.86. The van der Waals surface area contributed by atoms with Crippen molar-refractivity contribution >= 4 is 27.3 Å². The first-order chi connectivity index (χ1) is 8.09. The minimum absolute atomic E-state index is 0.325. The molecule has 1 aromatic heterocycles. The van der Waals surface area contributed by atoms with Gasteiger partial charge < -0.3 is 5.11 Å². The van der Waals surface area contributed by atoms with E-state index < -0.39 is 5.60 Å². The van der Waals surface area contributed by atoms with Gasteiger partial charge in [0.25, 0.3) is 0 Å². The maximum absolute atomic E-state index is 13.8. The molecule has 1 nitrogen and oxygen atoms in total. The van der Waals surface area contributed by atoms with Crippen LogP contribution in [0.5, 0.6) is 0 Å². The van der Waals surface area contributed by atoms with Crippen LogP contribution in [-0.4, -0.2) is 5.11 Å². The first-order valence-corrected chi connectivity index (χ1v) is 6.97. The van der Waals surface area contributed by atoms with E-state index in [9.17, 15) is 9.50 Å². The zero-order valence-corrected chi connectivity index (χ0v) is 11.7. The van der Waals surface area contributed by atoms with Crippen LogP contribution >= 0.6 is 27.3 Å². The molecule has 0 aliphatic heterocycles. The Balaban J connectivity index is 2.60. The van der Waals surface area contributed by atoms with E-state index in [1.54, 1.807) is 18.2 Å². The van der Waals surface area contributed by atoms with E-state index in [1.165, 1.54) is 17.4 Å². The van der Waals surface area contributed by atoms with Gasteiger partial charge in [0.05, 0.1) is 4.88 Å². The topological polar surface area (TPSA) is 20.2 Å². The lowest BCUT2D eigenvalue weighted by molar-refractivity contribution is 0.0757. The Morgan fingerprint density at radius 1 is 1.35 bits per heavy atom. The summed E-state index contributed by atoms with van der Waals surface area (Å²) in [7, 11) is 0. The summed E-state index contributed by atoms with van der Waals surface area (Å²) in [5.41, 5.74) is -0.941. The molecule has 2 aromatic rings. The molecular weight excluding hydrogens is 303 g/mol. The summed E-state index contributed by atoms with van der Waals surface area (Å²) >= 11 is 4.81.